The van der Waals surface area contributed by atoms with Crippen molar-refractivity contribution in [3.05, 3.63) is 78.0 Å². The second-order valence-electron chi connectivity index (χ2n) is 7.34. The van der Waals surface area contributed by atoms with E-state index in [0.29, 0.717) is 6.54 Å². The van der Waals surface area contributed by atoms with Gasteiger partial charge in [-0.3, -0.25) is 14.7 Å². The maximum Gasteiger partial charge on any atom is 0.243 e. The molecule has 6 heteroatoms. The number of hydrogen-bond acceptors (Lipinski definition) is 3. The zero-order valence-electron chi connectivity index (χ0n) is 16.7. The molecule has 1 atom stereocenters. The zero-order chi connectivity index (χ0) is 20.6. The predicted octanol–water partition coefficient (Wildman–Crippen LogP) is 3.08. The van der Waals surface area contributed by atoms with Crippen LogP contribution in [-0.4, -0.2) is 28.1 Å². The summed E-state index contributed by atoms with van der Waals surface area (Å²) in [6, 6.07) is 18.7. The van der Waals surface area contributed by atoms with Crippen LogP contribution in [0.4, 0.5) is 0 Å². The minimum Gasteiger partial charge on any atom is -0.350 e. The fraction of sp³-hybridized carbons (Fsp3) is 0.261. The lowest BCUT2D eigenvalue weighted by molar-refractivity contribution is -0.129. The lowest BCUT2D eigenvalue weighted by atomic mass is 10.0. The molecule has 0 bridgehead atoms. The van der Waals surface area contributed by atoms with Gasteiger partial charge in [0, 0.05) is 12.7 Å². The van der Waals surface area contributed by atoms with Crippen LogP contribution in [0.3, 0.4) is 0 Å². The van der Waals surface area contributed by atoms with Gasteiger partial charge in [0.1, 0.15) is 6.04 Å². The second-order valence-corrected chi connectivity index (χ2v) is 7.34. The summed E-state index contributed by atoms with van der Waals surface area (Å²) in [4.78, 5) is 25.0. The molecule has 150 valence electrons. The Bertz CT molecular complexity index is 919. The topological polar surface area (TPSA) is 86.9 Å². The van der Waals surface area contributed by atoms with E-state index in [0.717, 1.165) is 22.4 Å². The number of aromatic nitrogens is 2. The van der Waals surface area contributed by atoms with Gasteiger partial charge in [0.2, 0.25) is 11.8 Å². The highest BCUT2D eigenvalue weighted by Gasteiger charge is 2.23. The van der Waals surface area contributed by atoms with Gasteiger partial charge in [0.15, 0.2) is 0 Å². The Morgan fingerprint density at radius 1 is 0.966 bits per heavy atom. The number of amides is 2. The van der Waals surface area contributed by atoms with Crippen molar-refractivity contribution in [1.82, 2.24) is 20.8 Å². The normalized spacial score (nSPS) is 11.8. The Morgan fingerprint density at radius 2 is 1.69 bits per heavy atom. The van der Waals surface area contributed by atoms with E-state index in [9.17, 15) is 9.59 Å². The van der Waals surface area contributed by atoms with E-state index in [2.05, 4.69) is 20.8 Å². The Morgan fingerprint density at radius 3 is 2.31 bits per heavy atom. The first-order valence-corrected chi connectivity index (χ1v) is 9.72. The summed E-state index contributed by atoms with van der Waals surface area (Å²) in [5, 5.41) is 12.7. The minimum absolute atomic E-state index is 0.0162. The lowest BCUT2D eigenvalue weighted by Crippen LogP contribution is -2.49. The fourth-order valence-electron chi connectivity index (χ4n) is 3.06. The summed E-state index contributed by atoms with van der Waals surface area (Å²) in [5.74, 6) is -0.356. The van der Waals surface area contributed by atoms with Gasteiger partial charge in [-0.15, -0.1) is 0 Å². The van der Waals surface area contributed by atoms with Crippen LogP contribution < -0.4 is 10.6 Å². The second kappa shape index (κ2) is 9.68. The molecule has 2 aromatic carbocycles. The number of nitrogens with zero attached hydrogens (tertiary/aromatic N) is 1. The molecule has 0 aliphatic heterocycles. The van der Waals surface area contributed by atoms with Crippen LogP contribution in [-0.2, 0) is 22.6 Å². The number of rotatable bonds is 8. The highest BCUT2D eigenvalue weighted by atomic mass is 16.2. The van der Waals surface area contributed by atoms with Crippen molar-refractivity contribution >= 4 is 11.8 Å². The van der Waals surface area contributed by atoms with Gasteiger partial charge < -0.3 is 10.6 Å². The Labute approximate surface area is 170 Å². The fourth-order valence-corrected chi connectivity index (χ4v) is 3.06. The highest BCUT2D eigenvalue weighted by Crippen LogP contribution is 2.16. The predicted molar refractivity (Wildman–Crippen MR) is 113 cm³/mol. The third-order valence-corrected chi connectivity index (χ3v) is 4.71. The van der Waals surface area contributed by atoms with Gasteiger partial charge in [-0.1, -0.05) is 68.4 Å². The number of carbonyl (C=O) groups is 2. The Balaban J connectivity index is 1.54. The summed E-state index contributed by atoms with van der Waals surface area (Å²) >= 11 is 0. The number of nitrogens with one attached hydrogen (secondary N) is 3. The van der Waals surface area contributed by atoms with Crippen molar-refractivity contribution in [3.8, 4) is 11.3 Å². The van der Waals surface area contributed by atoms with Crippen LogP contribution in [0.2, 0.25) is 0 Å². The molecule has 2 amide bonds. The molecule has 0 saturated carbocycles. The molecule has 1 heterocycles. The van der Waals surface area contributed by atoms with Gasteiger partial charge in [-0.05, 0) is 28.7 Å². The zero-order valence-corrected chi connectivity index (χ0v) is 16.7. The molecule has 0 aliphatic carbocycles. The van der Waals surface area contributed by atoms with E-state index in [1.807, 2.05) is 74.5 Å². The molecule has 3 N–H and O–H groups in total. The average molecular weight is 390 g/mol. The van der Waals surface area contributed by atoms with Crippen LogP contribution in [0, 0.1) is 5.92 Å². The first-order chi connectivity index (χ1) is 14.0. The summed E-state index contributed by atoms with van der Waals surface area (Å²) in [6.07, 6.45) is 1.97. The van der Waals surface area contributed by atoms with Crippen LogP contribution in [0.1, 0.15) is 25.0 Å². The van der Waals surface area contributed by atoms with Crippen molar-refractivity contribution in [2.24, 2.45) is 5.92 Å². The summed E-state index contributed by atoms with van der Waals surface area (Å²) in [6.45, 7) is 4.25. The van der Waals surface area contributed by atoms with Crippen molar-refractivity contribution in [3.63, 3.8) is 0 Å². The maximum absolute atomic E-state index is 12.7. The lowest BCUT2D eigenvalue weighted by Gasteiger charge is -2.22. The van der Waals surface area contributed by atoms with Crippen molar-refractivity contribution in [2.75, 3.05) is 0 Å². The molecule has 1 aromatic heterocycles. The van der Waals surface area contributed by atoms with Crippen LogP contribution in [0.25, 0.3) is 11.3 Å². The molecule has 0 radical (unpaired) electrons. The summed E-state index contributed by atoms with van der Waals surface area (Å²) in [5.41, 5.74) is 3.89. The Kier molecular flexibility index (Phi) is 6.79. The number of benzene rings is 2. The monoisotopic (exact) mass is 390 g/mol. The molecule has 0 fully saturated rings. The third kappa shape index (κ3) is 5.78. The minimum atomic E-state index is -0.574. The molecule has 3 rings (SSSR count). The van der Waals surface area contributed by atoms with Gasteiger partial charge in [0.25, 0.3) is 0 Å². The summed E-state index contributed by atoms with van der Waals surface area (Å²) < 4.78 is 0. The number of H-pyrrole nitrogens is 1. The largest absolute Gasteiger partial charge is 0.350 e. The van der Waals surface area contributed by atoms with Crippen LogP contribution in [0.15, 0.2) is 66.9 Å². The molecular formula is C23H26N4O2. The first kappa shape index (κ1) is 20.3. The van der Waals surface area contributed by atoms with Crippen molar-refractivity contribution in [2.45, 2.75) is 32.9 Å². The first-order valence-electron chi connectivity index (χ1n) is 9.72. The molecule has 29 heavy (non-hydrogen) atoms. The van der Waals surface area contributed by atoms with Gasteiger partial charge >= 0.3 is 0 Å². The summed E-state index contributed by atoms with van der Waals surface area (Å²) in [7, 11) is 0. The van der Waals surface area contributed by atoms with E-state index in [1.165, 1.54) is 0 Å². The third-order valence-electron chi connectivity index (χ3n) is 4.71. The average Bonchev–Trinajstić information content (AvgIpc) is 3.26. The molecule has 1 unspecified atom stereocenters. The van der Waals surface area contributed by atoms with Gasteiger partial charge in [-0.25, -0.2) is 0 Å². The molecule has 0 saturated heterocycles. The Hall–Kier alpha value is -3.41. The number of hydrogen-bond donors (Lipinski definition) is 3. The SMILES string of the molecule is CC(C)C(NC(=O)Cc1ccccc1)C(=O)NCc1ccc(-c2ccn[nH]2)cc1. The smallest absolute Gasteiger partial charge is 0.243 e. The quantitative estimate of drug-likeness (QED) is 0.552. The van der Waals surface area contributed by atoms with E-state index in [-0.39, 0.29) is 24.2 Å². The van der Waals surface area contributed by atoms with E-state index in [4.69, 9.17) is 0 Å². The van der Waals surface area contributed by atoms with E-state index in [1.54, 1.807) is 6.20 Å². The molecular weight excluding hydrogens is 364 g/mol. The van der Waals surface area contributed by atoms with Crippen LogP contribution >= 0.6 is 0 Å². The van der Waals surface area contributed by atoms with E-state index < -0.39 is 6.04 Å². The van der Waals surface area contributed by atoms with Crippen molar-refractivity contribution < 1.29 is 9.59 Å². The number of aromatic amines is 1. The molecule has 0 aliphatic rings. The van der Waals surface area contributed by atoms with Gasteiger partial charge in [-0.2, -0.15) is 5.10 Å². The van der Waals surface area contributed by atoms with Crippen LogP contribution in [0.5, 0.6) is 0 Å². The molecule has 0 spiro atoms. The maximum atomic E-state index is 12.7. The van der Waals surface area contributed by atoms with Crippen molar-refractivity contribution in [1.29, 1.82) is 0 Å². The number of carbonyl (C=O) groups excluding carboxylic acids is 2. The highest BCUT2D eigenvalue weighted by molar-refractivity contribution is 5.88. The molecule has 3 aromatic rings. The van der Waals surface area contributed by atoms with E-state index >= 15 is 0 Å². The molecule has 6 nitrogen and oxygen atoms in total. The van der Waals surface area contributed by atoms with Gasteiger partial charge in [0.05, 0.1) is 12.1 Å². The standard InChI is InChI=1S/C23H26N4O2/c1-16(2)22(26-21(28)14-17-6-4-3-5-7-17)23(29)24-15-18-8-10-19(11-9-18)20-12-13-25-27-20/h3-13,16,22H,14-15H2,1-2H3,(H,24,29)(H,25,27)(H,26,28).